The van der Waals surface area contributed by atoms with Crippen LogP contribution in [0.25, 0.3) is 0 Å². The van der Waals surface area contributed by atoms with Crippen LogP contribution in [0.4, 0.5) is 0 Å². The van der Waals surface area contributed by atoms with Crippen molar-refractivity contribution in [3.05, 3.63) is 41.7 Å². The van der Waals surface area contributed by atoms with Gasteiger partial charge in [-0.05, 0) is 18.4 Å². The van der Waals surface area contributed by atoms with E-state index in [2.05, 4.69) is 26.9 Å². The zero-order valence-corrected chi connectivity index (χ0v) is 16.8. The van der Waals surface area contributed by atoms with E-state index >= 15 is 0 Å². The summed E-state index contributed by atoms with van der Waals surface area (Å²) in [6.45, 7) is 0.779. The Labute approximate surface area is 163 Å². The summed E-state index contributed by atoms with van der Waals surface area (Å²) in [4.78, 5) is 27.1. The largest absolute Gasteiger partial charge is 0.347 e. The summed E-state index contributed by atoms with van der Waals surface area (Å²) in [6, 6.07) is 10.2. The molecule has 2 amide bonds. The third-order valence-electron chi connectivity index (χ3n) is 4.49. The molecule has 3 rings (SSSR count). The summed E-state index contributed by atoms with van der Waals surface area (Å²) in [6.07, 6.45) is 2.29. The van der Waals surface area contributed by atoms with Crippen molar-refractivity contribution < 1.29 is 9.59 Å². The number of aromatic nitrogens is 3. The van der Waals surface area contributed by atoms with Crippen molar-refractivity contribution >= 4 is 23.6 Å². The van der Waals surface area contributed by atoms with Gasteiger partial charge < -0.3 is 14.4 Å². The van der Waals surface area contributed by atoms with Crippen molar-refractivity contribution in [3.8, 4) is 0 Å². The Bertz CT molecular complexity index is 802. The molecule has 1 aliphatic rings. The highest BCUT2D eigenvalue weighted by Crippen LogP contribution is 2.40. The van der Waals surface area contributed by atoms with E-state index < -0.39 is 0 Å². The Hall–Kier alpha value is -2.35. The average Bonchev–Trinajstić information content (AvgIpc) is 3.42. The standard InChI is InChI=1S/C19H25N5O2S/c1-22(2)16(25)12-23(3)17(26)13-27-19-21-20-18(15-9-10-15)24(19)11-14-7-5-4-6-8-14/h4-8,15H,9-13H2,1-3H3. The summed E-state index contributed by atoms with van der Waals surface area (Å²) >= 11 is 1.38. The monoisotopic (exact) mass is 387 g/mol. The van der Waals surface area contributed by atoms with E-state index in [0.29, 0.717) is 12.5 Å². The van der Waals surface area contributed by atoms with Gasteiger partial charge in [-0.15, -0.1) is 10.2 Å². The van der Waals surface area contributed by atoms with Crippen molar-refractivity contribution in [2.24, 2.45) is 0 Å². The second-order valence-corrected chi connectivity index (χ2v) is 7.96. The van der Waals surface area contributed by atoms with Gasteiger partial charge in [0.15, 0.2) is 5.16 Å². The zero-order chi connectivity index (χ0) is 19.4. The van der Waals surface area contributed by atoms with E-state index in [1.54, 1.807) is 21.1 Å². The number of thioether (sulfide) groups is 1. The van der Waals surface area contributed by atoms with E-state index in [1.165, 1.54) is 27.1 Å². The van der Waals surface area contributed by atoms with Gasteiger partial charge in [0.2, 0.25) is 11.8 Å². The maximum absolute atomic E-state index is 12.4. The first-order valence-corrected chi connectivity index (χ1v) is 9.98. The third kappa shape index (κ3) is 5.09. The van der Waals surface area contributed by atoms with E-state index in [4.69, 9.17) is 0 Å². The maximum Gasteiger partial charge on any atom is 0.241 e. The fourth-order valence-electron chi connectivity index (χ4n) is 2.63. The molecule has 0 saturated heterocycles. The van der Waals surface area contributed by atoms with Gasteiger partial charge in [0, 0.05) is 27.1 Å². The normalized spacial score (nSPS) is 13.4. The molecule has 27 heavy (non-hydrogen) atoms. The molecule has 0 unspecified atom stereocenters. The van der Waals surface area contributed by atoms with Crippen molar-refractivity contribution in [2.75, 3.05) is 33.4 Å². The maximum atomic E-state index is 12.4. The highest BCUT2D eigenvalue weighted by molar-refractivity contribution is 7.99. The molecule has 0 spiro atoms. The quantitative estimate of drug-likeness (QED) is 0.647. The van der Waals surface area contributed by atoms with Gasteiger partial charge in [-0.25, -0.2) is 0 Å². The summed E-state index contributed by atoms with van der Waals surface area (Å²) in [5, 5.41) is 9.45. The van der Waals surface area contributed by atoms with Crippen LogP contribution in [0.1, 0.15) is 30.1 Å². The van der Waals surface area contributed by atoms with Crippen LogP contribution in [0, 0.1) is 0 Å². The summed E-state index contributed by atoms with van der Waals surface area (Å²) in [5.41, 5.74) is 1.18. The van der Waals surface area contributed by atoms with Crippen molar-refractivity contribution in [1.82, 2.24) is 24.6 Å². The predicted molar refractivity (Wildman–Crippen MR) is 105 cm³/mol. The van der Waals surface area contributed by atoms with Crippen LogP contribution in [0.5, 0.6) is 0 Å². The Kier molecular flexibility index (Phi) is 6.15. The number of rotatable bonds is 8. The van der Waals surface area contributed by atoms with Crippen LogP contribution >= 0.6 is 11.8 Å². The number of carbonyl (C=O) groups is 2. The van der Waals surface area contributed by atoms with Crippen LogP contribution in [0.2, 0.25) is 0 Å². The lowest BCUT2D eigenvalue weighted by Gasteiger charge is -2.19. The lowest BCUT2D eigenvalue weighted by Crippen LogP contribution is -2.38. The Morgan fingerprint density at radius 2 is 1.81 bits per heavy atom. The summed E-state index contributed by atoms with van der Waals surface area (Å²) in [5.74, 6) is 1.52. The van der Waals surface area contributed by atoms with E-state index in [-0.39, 0.29) is 24.1 Å². The molecule has 144 valence electrons. The number of hydrogen-bond donors (Lipinski definition) is 0. The molecule has 1 saturated carbocycles. The number of likely N-dealkylation sites (N-methyl/N-ethyl adjacent to an activating group) is 2. The number of benzene rings is 1. The minimum absolute atomic E-state index is 0.0798. The third-order valence-corrected chi connectivity index (χ3v) is 5.44. The van der Waals surface area contributed by atoms with Crippen molar-refractivity contribution in [3.63, 3.8) is 0 Å². The van der Waals surface area contributed by atoms with Crippen molar-refractivity contribution in [1.29, 1.82) is 0 Å². The topological polar surface area (TPSA) is 71.3 Å². The fourth-order valence-corrected chi connectivity index (χ4v) is 3.52. The first kappa shape index (κ1) is 19.4. The summed E-state index contributed by atoms with van der Waals surface area (Å²) in [7, 11) is 5.01. The molecule has 8 heteroatoms. The second-order valence-electron chi connectivity index (χ2n) is 7.01. The molecular formula is C19H25N5O2S. The van der Waals surface area contributed by atoms with Gasteiger partial charge in [-0.1, -0.05) is 42.1 Å². The average molecular weight is 388 g/mol. The Morgan fingerprint density at radius 3 is 2.44 bits per heavy atom. The van der Waals surface area contributed by atoms with E-state index in [1.807, 2.05) is 18.2 Å². The van der Waals surface area contributed by atoms with E-state index in [0.717, 1.165) is 23.8 Å². The van der Waals surface area contributed by atoms with Crippen LogP contribution in [-0.4, -0.2) is 69.8 Å². The van der Waals surface area contributed by atoms with Crippen molar-refractivity contribution in [2.45, 2.75) is 30.5 Å². The Morgan fingerprint density at radius 1 is 1.11 bits per heavy atom. The SMILES string of the molecule is CN(C)C(=O)CN(C)C(=O)CSc1nnc(C2CC2)n1Cc1ccccc1. The molecule has 1 aliphatic carbocycles. The first-order chi connectivity index (χ1) is 13.0. The fraction of sp³-hybridized carbons (Fsp3) is 0.474. The molecule has 1 fully saturated rings. The highest BCUT2D eigenvalue weighted by atomic mass is 32.2. The minimum Gasteiger partial charge on any atom is -0.347 e. The molecule has 7 nitrogen and oxygen atoms in total. The molecule has 0 bridgehead atoms. The molecule has 1 aromatic heterocycles. The number of carbonyl (C=O) groups excluding carboxylic acids is 2. The molecule has 0 atom stereocenters. The highest BCUT2D eigenvalue weighted by Gasteiger charge is 2.30. The van der Waals surface area contributed by atoms with E-state index in [9.17, 15) is 9.59 Å². The molecule has 1 heterocycles. The van der Waals surface area contributed by atoms with Gasteiger partial charge >= 0.3 is 0 Å². The number of amides is 2. The lowest BCUT2D eigenvalue weighted by atomic mass is 10.2. The molecule has 0 radical (unpaired) electrons. The molecular weight excluding hydrogens is 362 g/mol. The Balaban J connectivity index is 1.66. The molecule has 0 aliphatic heterocycles. The smallest absolute Gasteiger partial charge is 0.241 e. The van der Waals surface area contributed by atoms with Gasteiger partial charge in [0.05, 0.1) is 18.8 Å². The van der Waals surface area contributed by atoms with Gasteiger partial charge in [0.1, 0.15) is 5.82 Å². The second kappa shape index (κ2) is 8.56. The predicted octanol–water partition coefficient (Wildman–Crippen LogP) is 1.84. The number of nitrogens with zero attached hydrogens (tertiary/aromatic N) is 5. The zero-order valence-electron chi connectivity index (χ0n) is 16.0. The van der Waals surface area contributed by atoms with Crippen LogP contribution in [0.15, 0.2) is 35.5 Å². The lowest BCUT2D eigenvalue weighted by molar-refractivity contribution is -0.136. The number of hydrogen-bond acceptors (Lipinski definition) is 5. The van der Waals surface area contributed by atoms with Crippen LogP contribution < -0.4 is 0 Å². The van der Waals surface area contributed by atoms with Gasteiger partial charge in [0.25, 0.3) is 0 Å². The van der Waals surface area contributed by atoms with Gasteiger partial charge in [-0.2, -0.15) is 0 Å². The van der Waals surface area contributed by atoms with Crippen LogP contribution in [-0.2, 0) is 16.1 Å². The van der Waals surface area contributed by atoms with Gasteiger partial charge in [-0.3, -0.25) is 9.59 Å². The molecule has 1 aromatic carbocycles. The first-order valence-electron chi connectivity index (χ1n) is 8.99. The molecule has 2 aromatic rings. The minimum atomic E-state index is -0.0996. The van der Waals surface area contributed by atoms with Crippen LogP contribution in [0.3, 0.4) is 0 Å². The molecule has 0 N–H and O–H groups in total. The summed E-state index contributed by atoms with van der Waals surface area (Å²) < 4.78 is 2.12.